The molecule has 1 aromatic carbocycles. The Morgan fingerprint density at radius 2 is 2.17 bits per heavy atom. The van der Waals surface area contributed by atoms with Crippen molar-refractivity contribution in [3.05, 3.63) is 47.1 Å². The van der Waals surface area contributed by atoms with Gasteiger partial charge in [-0.15, -0.1) is 12.4 Å². The number of piperidine rings is 1. The number of nitrogens with zero attached hydrogens (tertiary/aromatic N) is 2. The Morgan fingerprint density at radius 1 is 1.35 bits per heavy atom. The van der Waals surface area contributed by atoms with Crippen LogP contribution in [0.15, 0.2) is 28.8 Å². The van der Waals surface area contributed by atoms with E-state index in [-0.39, 0.29) is 12.4 Å². The van der Waals surface area contributed by atoms with E-state index in [4.69, 9.17) is 4.52 Å². The number of hydrogen-bond acceptors (Lipinski definition) is 4. The first-order chi connectivity index (χ1) is 10.7. The van der Waals surface area contributed by atoms with E-state index in [0.717, 1.165) is 43.6 Å². The molecular weight excluding hydrogens is 310 g/mol. The highest BCUT2D eigenvalue weighted by molar-refractivity contribution is 5.85. The lowest BCUT2D eigenvalue weighted by atomic mass is 9.85. The highest BCUT2D eigenvalue weighted by Gasteiger charge is 2.22. The number of rotatable bonds is 5. The summed E-state index contributed by atoms with van der Waals surface area (Å²) in [5.74, 6) is 2.87. The fourth-order valence-electron chi connectivity index (χ4n) is 3.23. The van der Waals surface area contributed by atoms with Gasteiger partial charge in [0, 0.05) is 12.8 Å². The zero-order valence-electron chi connectivity index (χ0n) is 13.9. The van der Waals surface area contributed by atoms with E-state index in [9.17, 15) is 0 Å². The predicted molar refractivity (Wildman–Crippen MR) is 94.0 cm³/mol. The van der Waals surface area contributed by atoms with Crippen LogP contribution in [0.5, 0.6) is 0 Å². The molecule has 4 nitrogen and oxygen atoms in total. The number of benzene rings is 1. The van der Waals surface area contributed by atoms with Gasteiger partial charge in [0.2, 0.25) is 5.89 Å². The van der Waals surface area contributed by atoms with Crippen LogP contribution in [-0.2, 0) is 12.8 Å². The summed E-state index contributed by atoms with van der Waals surface area (Å²) in [6, 6.07) is 8.36. The van der Waals surface area contributed by atoms with Crippen molar-refractivity contribution >= 4 is 12.4 Å². The fourth-order valence-corrected chi connectivity index (χ4v) is 3.23. The smallest absolute Gasteiger partial charge is 0.226 e. The van der Waals surface area contributed by atoms with Crippen LogP contribution in [0.4, 0.5) is 0 Å². The summed E-state index contributed by atoms with van der Waals surface area (Å²) in [5, 5.41) is 7.63. The second-order valence-electron chi connectivity index (χ2n) is 6.50. The SMILES string of the molecule is Cc1ccccc1Cc1noc(CC(C)C2CCCNC2)n1.Cl. The molecule has 0 bridgehead atoms. The average molecular weight is 336 g/mol. The summed E-state index contributed by atoms with van der Waals surface area (Å²) in [4.78, 5) is 4.58. The molecule has 2 unspecified atom stereocenters. The Bertz CT molecular complexity index is 608. The van der Waals surface area contributed by atoms with Gasteiger partial charge in [-0.25, -0.2) is 0 Å². The van der Waals surface area contributed by atoms with Crippen molar-refractivity contribution in [1.82, 2.24) is 15.5 Å². The van der Waals surface area contributed by atoms with E-state index in [1.807, 2.05) is 0 Å². The van der Waals surface area contributed by atoms with Crippen LogP contribution in [0, 0.1) is 18.8 Å². The first kappa shape index (κ1) is 18.0. The molecule has 1 fully saturated rings. The van der Waals surface area contributed by atoms with Crippen LogP contribution in [0.3, 0.4) is 0 Å². The number of aromatic nitrogens is 2. The van der Waals surface area contributed by atoms with Gasteiger partial charge in [0.05, 0.1) is 0 Å². The molecule has 5 heteroatoms. The maximum atomic E-state index is 5.46. The third kappa shape index (κ3) is 4.79. The first-order valence-electron chi connectivity index (χ1n) is 8.29. The minimum absolute atomic E-state index is 0. The van der Waals surface area contributed by atoms with Gasteiger partial charge in [-0.3, -0.25) is 0 Å². The summed E-state index contributed by atoms with van der Waals surface area (Å²) >= 11 is 0. The number of nitrogens with one attached hydrogen (secondary N) is 1. The van der Waals surface area contributed by atoms with Gasteiger partial charge in [0.15, 0.2) is 5.82 Å². The van der Waals surface area contributed by atoms with Gasteiger partial charge in [-0.05, 0) is 55.8 Å². The lowest BCUT2D eigenvalue weighted by Crippen LogP contribution is -2.33. The van der Waals surface area contributed by atoms with Gasteiger partial charge in [-0.1, -0.05) is 36.3 Å². The maximum Gasteiger partial charge on any atom is 0.226 e. The molecule has 2 atom stereocenters. The Morgan fingerprint density at radius 3 is 2.91 bits per heavy atom. The van der Waals surface area contributed by atoms with Crippen molar-refractivity contribution in [2.75, 3.05) is 13.1 Å². The quantitative estimate of drug-likeness (QED) is 0.907. The molecule has 1 aromatic heterocycles. The van der Waals surface area contributed by atoms with Crippen LogP contribution in [-0.4, -0.2) is 23.2 Å². The normalized spacial score (nSPS) is 19.1. The number of hydrogen-bond donors (Lipinski definition) is 1. The van der Waals surface area contributed by atoms with Crippen molar-refractivity contribution in [2.24, 2.45) is 11.8 Å². The summed E-state index contributed by atoms with van der Waals surface area (Å²) in [6.45, 7) is 6.69. The van der Waals surface area contributed by atoms with E-state index in [2.05, 4.69) is 53.6 Å². The summed E-state index contributed by atoms with van der Waals surface area (Å²) in [5.41, 5.74) is 2.54. The highest BCUT2D eigenvalue weighted by atomic mass is 35.5. The van der Waals surface area contributed by atoms with Gasteiger partial charge < -0.3 is 9.84 Å². The third-order valence-corrected chi connectivity index (χ3v) is 4.76. The van der Waals surface area contributed by atoms with E-state index in [1.165, 1.54) is 24.0 Å². The van der Waals surface area contributed by atoms with E-state index in [1.54, 1.807) is 0 Å². The molecule has 1 aliphatic rings. The number of halogens is 1. The van der Waals surface area contributed by atoms with Crippen LogP contribution in [0.1, 0.15) is 42.6 Å². The van der Waals surface area contributed by atoms with E-state index < -0.39 is 0 Å². The number of aryl methyl sites for hydroxylation is 1. The molecule has 0 amide bonds. The largest absolute Gasteiger partial charge is 0.339 e. The molecule has 1 N–H and O–H groups in total. The van der Waals surface area contributed by atoms with E-state index in [0.29, 0.717) is 5.92 Å². The Hall–Kier alpha value is -1.39. The van der Waals surface area contributed by atoms with Crippen LogP contribution in [0.25, 0.3) is 0 Å². The van der Waals surface area contributed by atoms with Crippen LogP contribution < -0.4 is 5.32 Å². The molecule has 0 radical (unpaired) electrons. The molecule has 0 aliphatic carbocycles. The Labute approximate surface area is 144 Å². The zero-order chi connectivity index (χ0) is 15.4. The van der Waals surface area contributed by atoms with Crippen molar-refractivity contribution in [2.45, 2.75) is 39.5 Å². The molecule has 1 saturated heterocycles. The lowest BCUT2D eigenvalue weighted by Gasteiger charge is -2.27. The topological polar surface area (TPSA) is 51.0 Å². The Kier molecular flexibility index (Phi) is 6.60. The molecule has 126 valence electrons. The molecule has 0 spiro atoms. The monoisotopic (exact) mass is 335 g/mol. The average Bonchev–Trinajstić information content (AvgIpc) is 2.97. The van der Waals surface area contributed by atoms with Gasteiger partial charge >= 0.3 is 0 Å². The minimum atomic E-state index is 0. The summed E-state index contributed by atoms with van der Waals surface area (Å²) in [6.07, 6.45) is 4.21. The highest BCUT2D eigenvalue weighted by Crippen LogP contribution is 2.23. The standard InChI is InChI=1S/C18H25N3O.ClH/c1-13-6-3-4-7-15(13)11-17-20-18(22-21-17)10-14(2)16-8-5-9-19-12-16;/h3-4,6-7,14,16,19H,5,8-12H2,1-2H3;1H. The molecule has 2 aromatic rings. The zero-order valence-corrected chi connectivity index (χ0v) is 14.7. The van der Waals surface area contributed by atoms with E-state index >= 15 is 0 Å². The van der Waals surface area contributed by atoms with Gasteiger partial charge in [0.25, 0.3) is 0 Å². The van der Waals surface area contributed by atoms with Crippen LogP contribution >= 0.6 is 12.4 Å². The first-order valence-corrected chi connectivity index (χ1v) is 8.29. The van der Waals surface area contributed by atoms with Gasteiger partial charge in [0.1, 0.15) is 0 Å². The summed E-state index contributed by atoms with van der Waals surface area (Å²) in [7, 11) is 0. The molecular formula is C18H26ClN3O. The molecule has 1 aliphatic heterocycles. The van der Waals surface area contributed by atoms with Crippen molar-refractivity contribution in [3.8, 4) is 0 Å². The second kappa shape index (κ2) is 8.46. The van der Waals surface area contributed by atoms with Crippen molar-refractivity contribution in [3.63, 3.8) is 0 Å². The maximum absolute atomic E-state index is 5.46. The fraction of sp³-hybridized carbons (Fsp3) is 0.556. The predicted octanol–water partition coefficient (Wildman–Crippen LogP) is 3.57. The second-order valence-corrected chi connectivity index (χ2v) is 6.50. The summed E-state index contributed by atoms with van der Waals surface area (Å²) < 4.78 is 5.46. The minimum Gasteiger partial charge on any atom is -0.339 e. The molecule has 2 heterocycles. The van der Waals surface area contributed by atoms with Crippen LogP contribution in [0.2, 0.25) is 0 Å². The molecule has 23 heavy (non-hydrogen) atoms. The molecule has 3 rings (SSSR count). The molecule has 0 saturated carbocycles. The Balaban J connectivity index is 0.00000192. The third-order valence-electron chi connectivity index (χ3n) is 4.76. The van der Waals surface area contributed by atoms with Gasteiger partial charge in [-0.2, -0.15) is 4.98 Å². The lowest BCUT2D eigenvalue weighted by molar-refractivity contribution is 0.256. The van der Waals surface area contributed by atoms with Crippen molar-refractivity contribution in [1.29, 1.82) is 0 Å². The van der Waals surface area contributed by atoms with Crippen molar-refractivity contribution < 1.29 is 4.52 Å².